The molecule has 0 bridgehead atoms. The quantitative estimate of drug-likeness (QED) is 0.882. The fraction of sp³-hybridized carbons (Fsp3) is 0.200. The summed E-state index contributed by atoms with van der Waals surface area (Å²) in [5.41, 5.74) is 2.43. The zero-order chi connectivity index (χ0) is 14.9. The second-order valence-electron chi connectivity index (χ2n) is 5.00. The molecule has 6 heteroatoms. The van der Waals surface area contributed by atoms with Crippen molar-refractivity contribution in [2.75, 3.05) is 0 Å². The molecule has 2 aromatic rings. The van der Waals surface area contributed by atoms with Crippen molar-refractivity contribution in [3.63, 3.8) is 0 Å². The van der Waals surface area contributed by atoms with Gasteiger partial charge < -0.3 is 0 Å². The van der Waals surface area contributed by atoms with Gasteiger partial charge in [-0.3, -0.25) is 0 Å². The van der Waals surface area contributed by atoms with E-state index in [1.807, 2.05) is 24.3 Å². The Bertz CT molecular complexity index is 770. The van der Waals surface area contributed by atoms with Crippen molar-refractivity contribution < 1.29 is 8.42 Å². The van der Waals surface area contributed by atoms with E-state index in [0.29, 0.717) is 0 Å². The van der Waals surface area contributed by atoms with Crippen LogP contribution in [0.15, 0.2) is 58.6 Å². The molecule has 1 aliphatic rings. The molecule has 0 spiro atoms. The van der Waals surface area contributed by atoms with Gasteiger partial charge in [0.2, 0.25) is 10.0 Å². The summed E-state index contributed by atoms with van der Waals surface area (Å²) in [7, 11) is -3.61. The summed E-state index contributed by atoms with van der Waals surface area (Å²) in [6.07, 6.45) is 1.63. The van der Waals surface area contributed by atoms with Crippen molar-refractivity contribution >= 4 is 15.7 Å². The molecule has 1 aliphatic carbocycles. The minimum atomic E-state index is -3.61. The lowest BCUT2D eigenvalue weighted by molar-refractivity contribution is 0.554. The van der Waals surface area contributed by atoms with Crippen LogP contribution in [0.1, 0.15) is 23.6 Å². The Morgan fingerprint density at radius 2 is 1.76 bits per heavy atom. The van der Waals surface area contributed by atoms with E-state index >= 15 is 0 Å². The summed E-state index contributed by atoms with van der Waals surface area (Å²) in [5, 5.41) is 2.76. The minimum Gasteiger partial charge on any atom is -0.207 e. The van der Waals surface area contributed by atoms with Crippen molar-refractivity contribution in [3.8, 4) is 0 Å². The van der Waals surface area contributed by atoms with Gasteiger partial charge in [0, 0.05) is 6.04 Å². The average molecular weight is 302 g/mol. The number of hydrogen-bond donors (Lipinski definition) is 1. The maximum absolute atomic E-state index is 12.4. The molecule has 0 aromatic heterocycles. The third kappa shape index (κ3) is 2.72. The molecule has 1 atom stereocenters. The van der Waals surface area contributed by atoms with E-state index in [9.17, 15) is 13.3 Å². The number of rotatable bonds is 4. The number of nitrogens with zero attached hydrogens (tertiary/aromatic N) is 1. The highest BCUT2D eigenvalue weighted by atomic mass is 32.2. The molecular weight excluding hydrogens is 288 g/mol. The van der Waals surface area contributed by atoms with Crippen molar-refractivity contribution in [2.24, 2.45) is 5.18 Å². The van der Waals surface area contributed by atoms with Gasteiger partial charge in [-0.1, -0.05) is 24.3 Å². The topological polar surface area (TPSA) is 75.6 Å². The summed E-state index contributed by atoms with van der Waals surface area (Å²) in [4.78, 5) is 10.5. The largest absolute Gasteiger partial charge is 0.241 e. The van der Waals surface area contributed by atoms with Crippen molar-refractivity contribution in [2.45, 2.75) is 23.8 Å². The number of hydrogen-bond acceptors (Lipinski definition) is 4. The standard InChI is InChI=1S/C15H14N2O3S/c18-16-12-6-8-13(9-7-12)21(19,20)17-15-10-5-11-3-1-2-4-14(11)15/h1-4,6-9,15,17H,5,10H2. The van der Waals surface area contributed by atoms with Crippen molar-refractivity contribution in [1.82, 2.24) is 4.72 Å². The van der Waals surface area contributed by atoms with Crippen LogP contribution in [-0.4, -0.2) is 8.42 Å². The molecule has 108 valence electrons. The molecule has 2 aromatic carbocycles. The van der Waals surface area contributed by atoms with E-state index in [2.05, 4.69) is 9.90 Å². The number of nitrogens with one attached hydrogen (secondary N) is 1. The van der Waals surface area contributed by atoms with Crippen LogP contribution in [0.2, 0.25) is 0 Å². The van der Waals surface area contributed by atoms with Crippen LogP contribution in [0.25, 0.3) is 0 Å². The second-order valence-corrected chi connectivity index (χ2v) is 6.71. The van der Waals surface area contributed by atoms with E-state index in [4.69, 9.17) is 0 Å². The first-order valence-corrected chi connectivity index (χ1v) is 8.12. The van der Waals surface area contributed by atoms with Gasteiger partial charge in [-0.15, -0.1) is 4.91 Å². The molecule has 1 N–H and O–H groups in total. The third-order valence-corrected chi connectivity index (χ3v) is 5.17. The van der Waals surface area contributed by atoms with E-state index in [1.165, 1.54) is 29.8 Å². The molecule has 0 saturated carbocycles. The lowest BCUT2D eigenvalue weighted by atomic mass is 10.1. The fourth-order valence-corrected chi connectivity index (χ4v) is 3.87. The molecule has 1 unspecified atom stereocenters. The Hall–Kier alpha value is -2.05. The summed E-state index contributed by atoms with van der Waals surface area (Å²) in [6.45, 7) is 0. The van der Waals surface area contributed by atoms with Gasteiger partial charge in [0.15, 0.2) is 0 Å². The van der Waals surface area contributed by atoms with E-state index in [-0.39, 0.29) is 16.6 Å². The summed E-state index contributed by atoms with van der Waals surface area (Å²) in [5.74, 6) is 0. The maximum Gasteiger partial charge on any atom is 0.241 e. The highest BCUT2D eigenvalue weighted by Gasteiger charge is 2.27. The minimum absolute atomic E-state index is 0.138. The lowest BCUT2D eigenvalue weighted by Crippen LogP contribution is -2.27. The van der Waals surface area contributed by atoms with Gasteiger partial charge in [-0.05, 0) is 53.4 Å². The predicted octanol–water partition coefficient (Wildman–Crippen LogP) is 3.05. The molecule has 0 aliphatic heterocycles. The second kappa shape index (κ2) is 5.38. The molecule has 0 radical (unpaired) electrons. The monoisotopic (exact) mass is 302 g/mol. The number of fused-ring (bicyclic) bond motifs is 1. The van der Waals surface area contributed by atoms with Gasteiger partial charge in [0.25, 0.3) is 0 Å². The van der Waals surface area contributed by atoms with Gasteiger partial charge >= 0.3 is 0 Å². The highest BCUT2D eigenvalue weighted by Crippen LogP contribution is 2.32. The van der Waals surface area contributed by atoms with Crippen molar-refractivity contribution in [1.29, 1.82) is 0 Å². The van der Waals surface area contributed by atoms with Crippen LogP contribution >= 0.6 is 0 Å². The summed E-state index contributed by atoms with van der Waals surface area (Å²) >= 11 is 0. The Morgan fingerprint density at radius 1 is 1.05 bits per heavy atom. The Balaban J connectivity index is 1.85. The molecular formula is C15H14N2O3S. The molecule has 0 amide bonds. The SMILES string of the molecule is O=Nc1ccc(S(=O)(=O)NC2CCc3ccccc32)cc1. The smallest absolute Gasteiger partial charge is 0.207 e. The van der Waals surface area contributed by atoms with Crippen LogP contribution < -0.4 is 4.72 Å². The van der Waals surface area contributed by atoms with Gasteiger partial charge in [0.05, 0.1) is 4.90 Å². The first-order valence-electron chi connectivity index (χ1n) is 6.64. The first kappa shape index (κ1) is 13.9. The van der Waals surface area contributed by atoms with Gasteiger partial charge in [0.1, 0.15) is 5.69 Å². The summed E-state index contributed by atoms with van der Waals surface area (Å²) < 4.78 is 27.5. The van der Waals surface area contributed by atoms with Crippen LogP contribution in [0.3, 0.4) is 0 Å². The first-order chi connectivity index (χ1) is 10.1. The average Bonchev–Trinajstić information content (AvgIpc) is 2.90. The Labute approximate surface area is 123 Å². The fourth-order valence-electron chi connectivity index (χ4n) is 2.62. The number of nitroso groups, excluding NO2 is 1. The normalized spacial score (nSPS) is 17.4. The molecule has 5 nitrogen and oxygen atoms in total. The third-order valence-electron chi connectivity index (χ3n) is 3.68. The number of sulfonamides is 1. The molecule has 21 heavy (non-hydrogen) atoms. The molecule has 0 fully saturated rings. The van der Waals surface area contributed by atoms with Crippen LogP contribution in [0.5, 0.6) is 0 Å². The number of aryl methyl sites for hydroxylation is 1. The van der Waals surface area contributed by atoms with Crippen LogP contribution in [-0.2, 0) is 16.4 Å². The highest BCUT2D eigenvalue weighted by molar-refractivity contribution is 7.89. The van der Waals surface area contributed by atoms with Crippen LogP contribution in [0.4, 0.5) is 5.69 Å². The Kier molecular flexibility index (Phi) is 3.57. The zero-order valence-corrected chi connectivity index (χ0v) is 12.0. The van der Waals surface area contributed by atoms with Gasteiger partial charge in [-0.2, -0.15) is 0 Å². The lowest BCUT2D eigenvalue weighted by Gasteiger charge is -2.14. The van der Waals surface area contributed by atoms with Gasteiger partial charge in [-0.25, -0.2) is 13.1 Å². The Morgan fingerprint density at radius 3 is 2.48 bits per heavy atom. The van der Waals surface area contributed by atoms with Crippen LogP contribution in [0, 0.1) is 4.91 Å². The maximum atomic E-state index is 12.4. The van der Waals surface area contributed by atoms with E-state index in [1.54, 1.807) is 0 Å². The molecule has 0 saturated heterocycles. The van der Waals surface area contributed by atoms with E-state index < -0.39 is 10.0 Å². The summed E-state index contributed by atoms with van der Waals surface area (Å²) in [6, 6.07) is 13.2. The molecule has 3 rings (SSSR count). The molecule has 0 heterocycles. The van der Waals surface area contributed by atoms with Crippen molar-refractivity contribution in [3.05, 3.63) is 64.6 Å². The predicted molar refractivity (Wildman–Crippen MR) is 79.7 cm³/mol. The number of benzene rings is 2. The zero-order valence-electron chi connectivity index (χ0n) is 11.2. The van der Waals surface area contributed by atoms with E-state index in [0.717, 1.165) is 18.4 Å².